The number of nitrogens with one attached hydrogen (secondary N) is 1. The molecule has 17 heavy (non-hydrogen) atoms. The van der Waals surface area contributed by atoms with Crippen LogP contribution in [0.1, 0.15) is 43.2 Å². The Morgan fingerprint density at radius 2 is 2.24 bits per heavy atom. The molecule has 92 valence electrons. The molecule has 0 bridgehead atoms. The summed E-state index contributed by atoms with van der Waals surface area (Å²) in [5.41, 5.74) is 3.07. The summed E-state index contributed by atoms with van der Waals surface area (Å²) in [4.78, 5) is 0. The van der Waals surface area contributed by atoms with E-state index >= 15 is 0 Å². The molecule has 1 nitrogen and oxygen atoms in total. The third kappa shape index (κ3) is 2.78. The smallest absolute Gasteiger partial charge is 0.0142 e. The summed E-state index contributed by atoms with van der Waals surface area (Å²) in [6.45, 7) is 7.27. The number of rotatable bonds is 5. The van der Waals surface area contributed by atoms with Gasteiger partial charge >= 0.3 is 0 Å². The van der Waals surface area contributed by atoms with E-state index < -0.39 is 0 Å². The van der Waals surface area contributed by atoms with Gasteiger partial charge in [0.1, 0.15) is 0 Å². The van der Waals surface area contributed by atoms with Gasteiger partial charge in [0, 0.05) is 12.0 Å². The second kappa shape index (κ2) is 6.02. The highest BCUT2D eigenvalue weighted by Gasteiger charge is 2.27. The van der Waals surface area contributed by atoms with Gasteiger partial charge in [-0.2, -0.15) is 0 Å². The summed E-state index contributed by atoms with van der Waals surface area (Å²) < 4.78 is 0. The maximum atomic E-state index is 3.91. The van der Waals surface area contributed by atoms with Crippen molar-refractivity contribution < 1.29 is 0 Å². The fourth-order valence-electron chi connectivity index (χ4n) is 2.90. The molecule has 1 aliphatic carbocycles. The molecule has 1 heteroatoms. The van der Waals surface area contributed by atoms with Crippen LogP contribution >= 0.6 is 0 Å². The van der Waals surface area contributed by atoms with Gasteiger partial charge in [0.05, 0.1) is 0 Å². The Hall–Kier alpha value is -1.08. The van der Waals surface area contributed by atoms with E-state index in [2.05, 4.69) is 49.2 Å². The maximum Gasteiger partial charge on any atom is 0.0142 e. The summed E-state index contributed by atoms with van der Waals surface area (Å²) in [6.07, 6.45) is 6.82. The second-order valence-corrected chi connectivity index (χ2v) is 4.93. The molecule has 0 spiro atoms. The van der Waals surface area contributed by atoms with Gasteiger partial charge in [-0.1, -0.05) is 37.3 Å². The molecule has 0 amide bonds. The summed E-state index contributed by atoms with van der Waals surface area (Å²) in [5, 5.41) is 3.70. The molecule has 1 aromatic carbocycles. The molecule has 2 rings (SSSR count). The molecular formula is C16H23N. The summed E-state index contributed by atoms with van der Waals surface area (Å²) in [5.74, 6) is 0.615. The Morgan fingerprint density at radius 3 is 3.00 bits per heavy atom. The second-order valence-electron chi connectivity index (χ2n) is 4.93. The first-order valence-corrected chi connectivity index (χ1v) is 6.79. The van der Waals surface area contributed by atoms with Crippen molar-refractivity contribution in [3.63, 3.8) is 0 Å². The molecule has 0 fully saturated rings. The summed E-state index contributed by atoms with van der Waals surface area (Å²) >= 11 is 0. The van der Waals surface area contributed by atoms with Gasteiger partial charge in [-0.3, -0.25) is 0 Å². The van der Waals surface area contributed by atoms with Crippen molar-refractivity contribution >= 4 is 0 Å². The standard InChI is InChI=1S/C16H23N/c1-3-7-15-14-9-6-5-8-13(14)10-11-16(15)17-12-4-2/h3,5-6,8-9,15-17H,1,4,7,10-12H2,2H3. The number of aryl methyl sites for hydroxylation is 1. The quantitative estimate of drug-likeness (QED) is 0.760. The van der Waals surface area contributed by atoms with Crippen LogP contribution in [0.3, 0.4) is 0 Å². The molecule has 1 aliphatic rings. The highest BCUT2D eigenvalue weighted by Crippen LogP contribution is 2.34. The van der Waals surface area contributed by atoms with Crippen LogP contribution in [0.25, 0.3) is 0 Å². The predicted octanol–water partition coefficient (Wildman–Crippen LogP) is 3.66. The zero-order chi connectivity index (χ0) is 12.1. The van der Waals surface area contributed by atoms with E-state index in [-0.39, 0.29) is 0 Å². The lowest BCUT2D eigenvalue weighted by Gasteiger charge is -2.34. The molecule has 0 aliphatic heterocycles. The van der Waals surface area contributed by atoms with Crippen molar-refractivity contribution in [1.29, 1.82) is 0 Å². The number of allylic oxidation sites excluding steroid dienone is 1. The number of hydrogen-bond acceptors (Lipinski definition) is 1. The van der Waals surface area contributed by atoms with Crippen molar-refractivity contribution in [2.24, 2.45) is 0 Å². The first kappa shape index (κ1) is 12.4. The Kier molecular flexibility index (Phi) is 4.38. The first-order valence-electron chi connectivity index (χ1n) is 6.79. The molecule has 2 atom stereocenters. The fourth-order valence-corrected chi connectivity index (χ4v) is 2.90. The Labute approximate surface area is 105 Å². The number of benzene rings is 1. The largest absolute Gasteiger partial charge is 0.313 e. The minimum atomic E-state index is 0.615. The lowest BCUT2D eigenvalue weighted by molar-refractivity contribution is 0.388. The molecule has 1 aromatic rings. The third-order valence-electron chi connectivity index (χ3n) is 3.74. The van der Waals surface area contributed by atoms with Crippen LogP contribution < -0.4 is 5.32 Å². The minimum Gasteiger partial charge on any atom is -0.313 e. The molecule has 2 unspecified atom stereocenters. The van der Waals surface area contributed by atoms with E-state index in [4.69, 9.17) is 0 Å². The van der Waals surface area contributed by atoms with Crippen LogP contribution in [-0.4, -0.2) is 12.6 Å². The Bertz CT molecular complexity index is 370. The average molecular weight is 229 g/mol. The van der Waals surface area contributed by atoms with Crippen LogP contribution in [0.5, 0.6) is 0 Å². The third-order valence-corrected chi connectivity index (χ3v) is 3.74. The molecule has 0 aromatic heterocycles. The fraction of sp³-hybridized carbons (Fsp3) is 0.500. The number of hydrogen-bond donors (Lipinski definition) is 1. The lowest BCUT2D eigenvalue weighted by atomic mass is 9.77. The maximum absolute atomic E-state index is 3.91. The monoisotopic (exact) mass is 229 g/mol. The Balaban J connectivity index is 2.19. The van der Waals surface area contributed by atoms with Gasteiger partial charge in [-0.05, 0) is 43.4 Å². The van der Waals surface area contributed by atoms with Gasteiger partial charge < -0.3 is 5.32 Å². The molecule has 0 saturated carbocycles. The zero-order valence-electron chi connectivity index (χ0n) is 10.8. The summed E-state index contributed by atoms with van der Waals surface area (Å²) in [7, 11) is 0. The van der Waals surface area contributed by atoms with Crippen LogP contribution in [0.2, 0.25) is 0 Å². The minimum absolute atomic E-state index is 0.615. The van der Waals surface area contributed by atoms with E-state index in [0.717, 1.165) is 13.0 Å². The first-order chi connectivity index (χ1) is 8.36. The van der Waals surface area contributed by atoms with Crippen molar-refractivity contribution in [2.45, 2.75) is 44.6 Å². The van der Waals surface area contributed by atoms with Crippen LogP contribution in [0.4, 0.5) is 0 Å². The molecule has 0 heterocycles. The van der Waals surface area contributed by atoms with E-state index in [0.29, 0.717) is 12.0 Å². The molecule has 1 N–H and O–H groups in total. The SMILES string of the molecule is C=CCC1c2ccccc2CCC1NCCC. The summed E-state index contributed by atoms with van der Waals surface area (Å²) in [6, 6.07) is 9.52. The van der Waals surface area contributed by atoms with Gasteiger partial charge in [-0.15, -0.1) is 6.58 Å². The van der Waals surface area contributed by atoms with Crippen LogP contribution in [0, 0.1) is 0 Å². The highest BCUT2D eigenvalue weighted by molar-refractivity contribution is 5.34. The predicted molar refractivity (Wildman–Crippen MR) is 74.4 cm³/mol. The van der Waals surface area contributed by atoms with Gasteiger partial charge in [-0.25, -0.2) is 0 Å². The van der Waals surface area contributed by atoms with E-state index in [9.17, 15) is 0 Å². The molecule has 0 radical (unpaired) electrons. The van der Waals surface area contributed by atoms with Crippen molar-refractivity contribution in [3.8, 4) is 0 Å². The van der Waals surface area contributed by atoms with E-state index in [1.165, 1.54) is 30.4 Å². The topological polar surface area (TPSA) is 12.0 Å². The molecule has 0 saturated heterocycles. The van der Waals surface area contributed by atoms with Crippen LogP contribution in [0.15, 0.2) is 36.9 Å². The van der Waals surface area contributed by atoms with Crippen molar-refractivity contribution in [2.75, 3.05) is 6.54 Å². The van der Waals surface area contributed by atoms with Gasteiger partial charge in [0.15, 0.2) is 0 Å². The Morgan fingerprint density at radius 1 is 1.41 bits per heavy atom. The van der Waals surface area contributed by atoms with Crippen molar-refractivity contribution in [1.82, 2.24) is 5.32 Å². The van der Waals surface area contributed by atoms with Crippen molar-refractivity contribution in [3.05, 3.63) is 48.0 Å². The van der Waals surface area contributed by atoms with Gasteiger partial charge in [0.25, 0.3) is 0 Å². The highest BCUT2D eigenvalue weighted by atomic mass is 14.9. The zero-order valence-corrected chi connectivity index (χ0v) is 10.8. The van der Waals surface area contributed by atoms with E-state index in [1.807, 2.05) is 0 Å². The lowest BCUT2D eigenvalue weighted by Crippen LogP contribution is -2.38. The number of fused-ring (bicyclic) bond motifs is 1. The molecular weight excluding hydrogens is 206 g/mol. The van der Waals surface area contributed by atoms with Gasteiger partial charge in [0.2, 0.25) is 0 Å². The van der Waals surface area contributed by atoms with E-state index in [1.54, 1.807) is 0 Å². The average Bonchev–Trinajstić information content (AvgIpc) is 2.38. The normalized spacial score (nSPS) is 23.1. The van der Waals surface area contributed by atoms with Crippen LogP contribution in [-0.2, 0) is 6.42 Å².